The molecule has 23 heavy (non-hydrogen) atoms. The Balaban J connectivity index is 1.99. The molecule has 4 nitrogen and oxygen atoms in total. The fraction of sp³-hybridized carbons (Fsp3) is 0.333. The van der Waals surface area contributed by atoms with Crippen LogP contribution in [0.25, 0.3) is 0 Å². The lowest BCUT2D eigenvalue weighted by Crippen LogP contribution is -2.36. The van der Waals surface area contributed by atoms with Gasteiger partial charge in [-0.1, -0.05) is 48.5 Å². The van der Waals surface area contributed by atoms with Crippen molar-refractivity contribution in [1.82, 2.24) is 0 Å². The topological polar surface area (TPSA) is 69.4 Å². The Morgan fingerprint density at radius 1 is 1.04 bits per heavy atom. The standard InChI is InChI=1S/C18H21NO3S/c1-2-22-13-18(19)16(14-9-5-3-6-10-14)17(18)23(20,21)15-11-7-4-8-12-15/h3-12,16-17H,2,13,19H2,1H3. The van der Waals surface area contributed by atoms with E-state index in [0.717, 1.165) is 5.56 Å². The van der Waals surface area contributed by atoms with Crippen molar-refractivity contribution in [2.75, 3.05) is 13.2 Å². The summed E-state index contributed by atoms with van der Waals surface area (Å²) < 4.78 is 31.5. The van der Waals surface area contributed by atoms with Gasteiger partial charge in [-0.2, -0.15) is 0 Å². The molecule has 2 aromatic rings. The maximum Gasteiger partial charge on any atom is 0.183 e. The van der Waals surface area contributed by atoms with Crippen LogP contribution in [0.15, 0.2) is 65.6 Å². The van der Waals surface area contributed by atoms with Crippen molar-refractivity contribution in [1.29, 1.82) is 0 Å². The van der Waals surface area contributed by atoms with Gasteiger partial charge in [0.1, 0.15) is 0 Å². The quantitative estimate of drug-likeness (QED) is 0.882. The Bertz CT molecular complexity index is 761. The zero-order valence-corrected chi connectivity index (χ0v) is 13.9. The number of ether oxygens (including phenoxy) is 1. The summed E-state index contributed by atoms with van der Waals surface area (Å²) in [6.45, 7) is 2.63. The van der Waals surface area contributed by atoms with Gasteiger partial charge in [0.25, 0.3) is 0 Å². The first-order valence-corrected chi connectivity index (χ1v) is 9.27. The Morgan fingerprint density at radius 2 is 1.61 bits per heavy atom. The molecular weight excluding hydrogens is 310 g/mol. The Kier molecular flexibility index (Phi) is 4.27. The maximum absolute atomic E-state index is 13.0. The monoisotopic (exact) mass is 331 g/mol. The van der Waals surface area contributed by atoms with E-state index in [9.17, 15) is 8.42 Å². The summed E-state index contributed by atoms with van der Waals surface area (Å²) in [6.07, 6.45) is 0. The third kappa shape index (κ3) is 2.80. The number of hydrogen-bond donors (Lipinski definition) is 1. The van der Waals surface area contributed by atoms with Crippen molar-refractivity contribution in [3.8, 4) is 0 Å². The van der Waals surface area contributed by atoms with Gasteiger partial charge in [0.15, 0.2) is 9.84 Å². The number of benzene rings is 2. The number of rotatable bonds is 6. The first-order chi connectivity index (χ1) is 11.0. The lowest BCUT2D eigenvalue weighted by molar-refractivity contribution is 0.125. The predicted molar refractivity (Wildman–Crippen MR) is 90.0 cm³/mol. The summed E-state index contributed by atoms with van der Waals surface area (Å²) in [7, 11) is -3.51. The summed E-state index contributed by atoms with van der Waals surface area (Å²) in [5, 5.41) is -0.661. The van der Waals surface area contributed by atoms with Crippen molar-refractivity contribution >= 4 is 9.84 Å². The van der Waals surface area contributed by atoms with Crippen LogP contribution in [0.2, 0.25) is 0 Å². The lowest BCUT2D eigenvalue weighted by Gasteiger charge is -2.12. The molecular formula is C18H21NO3S. The summed E-state index contributed by atoms with van der Waals surface area (Å²) in [4.78, 5) is 0.315. The molecule has 2 N–H and O–H groups in total. The Labute approximate surface area is 137 Å². The molecule has 122 valence electrons. The highest BCUT2D eigenvalue weighted by Crippen LogP contribution is 2.55. The molecule has 0 amide bonds. The molecule has 1 saturated carbocycles. The van der Waals surface area contributed by atoms with Crippen molar-refractivity contribution in [3.05, 3.63) is 66.2 Å². The molecule has 3 unspecified atom stereocenters. The van der Waals surface area contributed by atoms with Crippen LogP contribution >= 0.6 is 0 Å². The van der Waals surface area contributed by atoms with Crippen molar-refractivity contribution in [2.45, 2.75) is 28.5 Å². The molecule has 3 rings (SSSR count). The van der Waals surface area contributed by atoms with Gasteiger partial charge in [-0.25, -0.2) is 8.42 Å². The van der Waals surface area contributed by atoms with Crippen LogP contribution in [0, 0.1) is 0 Å². The number of nitrogens with two attached hydrogens (primary N) is 1. The van der Waals surface area contributed by atoms with Gasteiger partial charge in [0.05, 0.1) is 22.3 Å². The van der Waals surface area contributed by atoms with Crippen LogP contribution in [0.1, 0.15) is 18.4 Å². The van der Waals surface area contributed by atoms with Crippen molar-refractivity contribution in [3.63, 3.8) is 0 Å². The molecule has 2 aromatic carbocycles. The molecule has 1 aliphatic carbocycles. The van der Waals surface area contributed by atoms with Crippen LogP contribution < -0.4 is 5.73 Å². The van der Waals surface area contributed by atoms with Gasteiger partial charge in [0.2, 0.25) is 0 Å². The highest BCUT2D eigenvalue weighted by Gasteiger charge is 2.69. The number of hydrogen-bond acceptors (Lipinski definition) is 4. The fourth-order valence-corrected chi connectivity index (χ4v) is 5.56. The van der Waals surface area contributed by atoms with E-state index in [1.807, 2.05) is 37.3 Å². The minimum Gasteiger partial charge on any atom is -0.380 e. The Morgan fingerprint density at radius 3 is 2.17 bits per heavy atom. The van der Waals surface area contributed by atoms with Crippen molar-refractivity contribution in [2.24, 2.45) is 5.73 Å². The van der Waals surface area contributed by atoms with Crippen LogP contribution in [0.5, 0.6) is 0 Å². The highest BCUT2D eigenvalue weighted by molar-refractivity contribution is 7.92. The van der Waals surface area contributed by atoms with Crippen LogP contribution in [0.3, 0.4) is 0 Å². The largest absolute Gasteiger partial charge is 0.380 e. The third-order valence-electron chi connectivity index (χ3n) is 4.42. The van der Waals surface area contributed by atoms with E-state index >= 15 is 0 Å². The second-order valence-electron chi connectivity index (χ2n) is 5.92. The molecule has 0 bridgehead atoms. The Hall–Kier alpha value is -1.69. The van der Waals surface area contributed by atoms with E-state index in [4.69, 9.17) is 10.5 Å². The van der Waals surface area contributed by atoms with E-state index in [-0.39, 0.29) is 12.5 Å². The molecule has 0 aliphatic heterocycles. The summed E-state index contributed by atoms with van der Waals surface area (Å²) in [6, 6.07) is 18.1. The summed E-state index contributed by atoms with van der Waals surface area (Å²) in [5.41, 5.74) is 6.53. The zero-order chi connectivity index (χ0) is 16.5. The van der Waals surface area contributed by atoms with Gasteiger partial charge in [-0.3, -0.25) is 0 Å². The van der Waals surface area contributed by atoms with Crippen LogP contribution in [-0.2, 0) is 14.6 Å². The minimum atomic E-state index is -3.51. The predicted octanol–water partition coefficient (Wildman–Crippen LogP) is 2.36. The van der Waals surface area contributed by atoms with Crippen molar-refractivity contribution < 1.29 is 13.2 Å². The molecule has 0 radical (unpaired) electrons. The van der Waals surface area contributed by atoms with E-state index in [1.165, 1.54) is 0 Å². The SMILES string of the molecule is CCOCC1(N)C(c2ccccc2)C1S(=O)(=O)c1ccccc1. The second kappa shape index (κ2) is 6.07. The van der Waals surface area contributed by atoms with Crippen LogP contribution in [-0.4, -0.2) is 32.4 Å². The average molecular weight is 331 g/mol. The van der Waals surface area contributed by atoms with E-state index < -0.39 is 20.6 Å². The molecule has 0 aromatic heterocycles. The molecule has 1 aliphatic rings. The average Bonchev–Trinajstić information content (AvgIpc) is 3.22. The van der Waals surface area contributed by atoms with Gasteiger partial charge < -0.3 is 10.5 Å². The maximum atomic E-state index is 13.0. The molecule has 5 heteroatoms. The molecule has 0 spiro atoms. The lowest BCUT2D eigenvalue weighted by atomic mass is 10.1. The van der Waals surface area contributed by atoms with Gasteiger partial charge in [-0.15, -0.1) is 0 Å². The fourth-order valence-electron chi connectivity index (χ4n) is 3.24. The van der Waals surface area contributed by atoms with E-state index in [1.54, 1.807) is 30.3 Å². The molecule has 0 saturated heterocycles. The minimum absolute atomic E-state index is 0.236. The zero-order valence-electron chi connectivity index (χ0n) is 13.1. The van der Waals surface area contributed by atoms with Gasteiger partial charge in [0, 0.05) is 12.5 Å². The molecule has 3 atom stereocenters. The first kappa shape index (κ1) is 16.2. The van der Waals surface area contributed by atoms with E-state index in [0.29, 0.717) is 11.5 Å². The summed E-state index contributed by atoms with van der Waals surface area (Å²) >= 11 is 0. The smallest absolute Gasteiger partial charge is 0.183 e. The van der Waals surface area contributed by atoms with Crippen LogP contribution in [0.4, 0.5) is 0 Å². The first-order valence-electron chi connectivity index (χ1n) is 7.72. The third-order valence-corrected chi connectivity index (χ3v) is 6.73. The van der Waals surface area contributed by atoms with E-state index in [2.05, 4.69) is 0 Å². The molecule has 0 heterocycles. The van der Waals surface area contributed by atoms with Gasteiger partial charge >= 0.3 is 0 Å². The number of sulfone groups is 1. The normalized spacial score (nSPS) is 26.9. The van der Waals surface area contributed by atoms with Gasteiger partial charge in [-0.05, 0) is 24.6 Å². The summed E-state index contributed by atoms with van der Waals surface area (Å²) in [5.74, 6) is -0.250. The molecule has 1 fully saturated rings. The second-order valence-corrected chi connectivity index (χ2v) is 7.99. The highest BCUT2D eigenvalue weighted by atomic mass is 32.2.